The molecule has 0 fully saturated rings. The highest BCUT2D eigenvalue weighted by atomic mass is 28.4. The van der Waals surface area contributed by atoms with Crippen molar-refractivity contribution in [1.29, 1.82) is 0 Å². The first-order valence-electron chi connectivity index (χ1n) is 11.0. The number of ether oxygens (including phenoxy) is 3. The molecule has 0 radical (unpaired) electrons. The summed E-state index contributed by atoms with van der Waals surface area (Å²) in [6, 6.07) is 7.91. The molecule has 0 saturated heterocycles. The molecule has 2 aromatic rings. The molecule has 31 heavy (non-hydrogen) atoms. The summed E-state index contributed by atoms with van der Waals surface area (Å²) < 4.78 is 18.4. The summed E-state index contributed by atoms with van der Waals surface area (Å²) in [4.78, 5) is 24.3. The highest BCUT2D eigenvalue weighted by Crippen LogP contribution is 2.36. The number of aromatic amines is 1. The number of fused-ring (bicyclic) bond motifs is 1. The molecular weight excluding hydrogens is 426 g/mol. The fourth-order valence-electron chi connectivity index (χ4n) is 2.70. The van der Waals surface area contributed by atoms with Crippen LogP contribution in [0.5, 0.6) is 5.75 Å². The van der Waals surface area contributed by atoms with E-state index in [4.69, 9.17) is 14.2 Å². The van der Waals surface area contributed by atoms with Crippen LogP contribution in [0.1, 0.15) is 27.7 Å². The molecule has 3 N–H and O–H groups in total. The van der Waals surface area contributed by atoms with Crippen LogP contribution in [0.4, 0.5) is 0 Å². The third kappa shape index (κ3) is 6.91. The van der Waals surface area contributed by atoms with Crippen molar-refractivity contribution in [2.45, 2.75) is 70.1 Å². The van der Waals surface area contributed by atoms with Gasteiger partial charge in [0.2, 0.25) is 0 Å². The first-order chi connectivity index (χ1) is 14.1. The molecule has 6 nitrogen and oxygen atoms in total. The van der Waals surface area contributed by atoms with Crippen molar-refractivity contribution in [1.82, 2.24) is 4.98 Å². The number of hydrogen-bond donors (Lipinski definition) is 3. The maximum atomic E-state index is 10.5. The van der Waals surface area contributed by atoms with Crippen LogP contribution in [0.3, 0.4) is 0 Å². The molecule has 1 heterocycles. The van der Waals surface area contributed by atoms with Gasteiger partial charge in [-0.15, -0.1) is 0 Å². The van der Waals surface area contributed by atoms with Gasteiger partial charge in [0, 0.05) is 27.2 Å². The van der Waals surface area contributed by atoms with Gasteiger partial charge in [-0.3, -0.25) is 0 Å². The smallest absolute Gasteiger partial charge is 0.190 e. The third-order valence-corrected chi connectivity index (χ3v) is 13.6. The second-order valence-corrected chi connectivity index (χ2v) is 19.8. The fraction of sp³-hybridized carbons (Fsp3) is 0.652. The topological polar surface area (TPSA) is 83.9 Å². The Morgan fingerprint density at radius 1 is 0.871 bits per heavy atom. The maximum absolute atomic E-state index is 10.5. The molecule has 0 amide bonds. The highest BCUT2D eigenvalue weighted by Gasteiger charge is 2.39. The standard InChI is InChI=1S/C23H41NO5Si2/c1-22(2,30(5,6)25)16-27-14-18(15-28-17-23(3,4)31(7,8)26)29-21-11-9-10-20-19(21)12-13-24-20/h9-13,18,24-26H,14-17H2,1-8H3. The van der Waals surface area contributed by atoms with Crippen LogP contribution in [0.25, 0.3) is 10.9 Å². The van der Waals surface area contributed by atoms with Gasteiger partial charge in [0.05, 0.1) is 26.4 Å². The number of aromatic nitrogens is 1. The lowest BCUT2D eigenvalue weighted by atomic mass is 10.2. The van der Waals surface area contributed by atoms with E-state index in [1.54, 1.807) is 0 Å². The largest absolute Gasteiger partial charge is 0.485 e. The molecule has 0 aliphatic rings. The third-order valence-electron chi connectivity index (χ3n) is 6.69. The number of rotatable bonds is 12. The van der Waals surface area contributed by atoms with Crippen LogP contribution >= 0.6 is 0 Å². The van der Waals surface area contributed by atoms with Crippen LogP contribution < -0.4 is 4.74 Å². The molecule has 0 unspecified atom stereocenters. The fourth-order valence-corrected chi connectivity index (χ4v) is 3.61. The Hall–Kier alpha value is -1.17. The van der Waals surface area contributed by atoms with Crippen LogP contribution in [0.15, 0.2) is 30.5 Å². The maximum Gasteiger partial charge on any atom is 0.190 e. The van der Waals surface area contributed by atoms with Crippen molar-refractivity contribution in [3.05, 3.63) is 30.5 Å². The molecule has 0 saturated carbocycles. The first kappa shape index (κ1) is 26.1. The van der Waals surface area contributed by atoms with Gasteiger partial charge < -0.3 is 28.8 Å². The van der Waals surface area contributed by atoms with Gasteiger partial charge in [0.25, 0.3) is 0 Å². The van der Waals surface area contributed by atoms with Crippen molar-refractivity contribution in [3.63, 3.8) is 0 Å². The SMILES string of the molecule is CC(C)(COCC(COCC(C)(C)[Si](C)(C)O)Oc1cccc2[nH]ccc12)[Si](C)(C)O. The van der Waals surface area contributed by atoms with Crippen LogP contribution in [0.2, 0.25) is 36.3 Å². The predicted molar refractivity (Wildman–Crippen MR) is 132 cm³/mol. The van der Waals surface area contributed by atoms with Gasteiger partial charge in [-0.2, -0.15) is 0 Å². The lowest BCUT2D eigenvalue weighted by Crippen LogP contribution is -2.43. The zero-order valence-corrected chi connectivity index (χ0v) is 22.4. The Labute approximate surface area is 189 Å². The van der Waals surface area contributed by atoms with Crippen molar-refractivity contribution in [2.75, 3.05) is 26.4 Å². The van der Waals surface area contributed by atoms with Gasteiger partial charge in [-0.05, 0) is 44.4 Å². The number of benzene rings is 1. The van der Waals surface area contributed by atoms with Crippen molar-refractivity contribution < 1.29 is 23.8 Å². The van der Waals surface area contributed by atoms with Crippen LogP contribution in [0, 0.1) is 0 Å². The zero-order valence-electron chi connectivity index (χ0n) is 20.4. The van der Waals surface area contributed by atoms with E-state index in [9.17, 15) is 9.59 Å². The predicted octanol–water partition coefficient (Wildman–Crippen LogP) is 4.90. The van der Waals surface area contributed by atoms with Gasteiger partial charge in [0.1, 0.15) is 11.9 Å². The molecule has 0 bridgehead atoms. The monoisotopic (exact) mass is 467 g/mol. The van der Waals surface area contributed by atoms with Crippen molar-refractivity contribution in [2.24, 2.45) is 0 Å². The Morgan fingerprint density at radius 2 is 1.39 bits per heavy atom. The molecule has 0 spiro atoms. The molecule has 1 aromatic carbocycles. The minimum Gasteiger partial charge on any atom is -0.485 e. The van der Waals surface area contributed by atoms with E-state index in [2.05, 4.69) is 4.98 Å². The van der Waals surface area contributed by atoms with E-state index in [1.165, 1.54) is 0 Å². The molecule has 1 aromatic heterocycles. The van der Waals surface area contributed by atoms with Crippen LogP contribution in [-0.2, 0) is 9.47 Å². The van der Waals surface area contributed by atoms with E-state index >= 15 is 0 Å². The Balaban J connectivity index is 2.07. The number of nitrogens with one attached hydrogen (secondary N) is 1. The van der Waals surface area contributed by atoms with Gasteiger partial charge in [-0.1, -0.05) is 33.8 Å². The summed E-state index contributed by atoms with van der Waals surface area (Å²) in [5.41, 5.74) is 1.02. The van der Waals surface area contributed by atoms with E-state index in [-0.39, 0.29) is 16.2 Å². The number of H-pyrrole nitrogens is 1. The Kier molecular flexibility index (Phi) is 8.22. The summed E-state index contributed by atoms with van der Waals surface area (Å²) in [5, 5.41) is 0.474. The van der Waals surface area contributed by atoms with E-state index in [1.807, 2.05) is 84.3 Å². The molecule has 2 rings (SSSR count). The normalized spacial score (nSPS) is 13.9. The summed E-state index contributed by atoms with van der Waals surface area (Å²) >= 11 is 0. The summed E-state index contributed by atoms with van der Waals surface area (Å²) in [7, 11) is -4.71. The van der Waals surface area contributed by atoms with Gasteiger partial charge >= 0.3 is 0 Å². The lowest BCUT2D eigenvalue weighted by Gasteiger charge is -2.36. The molecule has 176 valence electrons. The minimum atomic E-state index is -2.35. The summed E-state index contributed by atoms with van der Waals surface area (Å²) in [6.07, 6.45) is 1.59. The van der Waals surface area contributed by atoms with E-state index < -0.39 is 16.6 Å². The zero-order chi connectivity index (χ0) is 23.5. The quantitative estimate of drug-likeness (QED) is 0.387. The minimum absolute atomic E-state index is 0.270. The van der Waals surface area contributed by atoms with Gasteiger partial charge in [0.15, 0.2) is 16.6 Å². The second-order valence-electron chi connectivity index (χ2n) is 10.9. The Morgan fingerprint density at radius 3 is 1.87 bits per heavy atom. The molecule has 0 atom stereocenters. The van der Waals surface area contributed by atoms with E-state index in [0.717, 1.165) is 16.7 Å². The second kappa shape index (κ2) is 9.76. The van der Waals surface area contributed by atoms with Crippen molar-refractivity contribution >= 4 is 27.5 Å². The average Bonchev–Trinajstić information content (AvgIpc) is 3.09. The molecule has 8 heteroatoms. The average molecular weight is 468 g/mol. The Bertz CT molecular complexity index is 804. The lowest BCUT2D eigenvalue weighted by molar-refractivity contribution is -0.0165. The van der Waals surface area contributed by atoms with Crippen LogP contribution in [-0.4, -0.2) is 63.7 Å². The van der Waals surface area contributed by atoms with Crippen molar-refractivity contribution in [3.8, 4) is 5.75 Å². The summed E-state index contributed by atoms with van der Waals surface area (Å²) in [5.74, 6) is 0.781. The first-order valence-corrected chi connectivity index (χ1v) is 16.9. The number of hydrogen-bond acceptors (Lipinski definition) is 5. The van der Waals surface area contributed by atoms with Gasteiger partial charge in [-0.25, -0.2) is 0 Å². The molecule has 0 aliphatic carbocycles. The van der Waals surface area contributed by atoms with E-state index in [0.29, 0.717) is 26.4 Å². The summed E-state index contributed by atoms with van der Waals surface area (Å²) in [6.45, 7) is 17.5. The highest BCUT2D eigenvalue weighted by molar-refractivity contribution is 6.73. The molecular formula is C23H41NO5Si2. The molecule has 0 aliphatic heterocycles.